The molecular formula is C8H14N2OS. The van der Waals surface area contributed by atoms with Crippen molar-refractivity contribution in [3.8, 4) is 0 Å². The van der Waals surface area contributed by atoms with E-state index < -0.39 is 0 Å². The van der Waals surface area contributed by atoms with Crippen molar-refractivity contribution >= 4 is 11.3 Å². The molecule has 1 aromatic heterocycles. The predicted octanol–water partition coefficient (Wildman–Crippen LogP) is 1.17. The van der Waals surface area contributed by atoms with E-state index in [9.17, 15) is 0 Å². The summed E-state index contributed by atoms with van der Waals surface area (Å²) in [4.78, 5) is 4.18. The van der Waals surface area contributed by atoms with Crippen LogP contribution < -0.4 is 5.32 Å². The fourth-order valence-electron chi connectivity index (χ4n) is 0.999. The summed E-state index contributed by atoms with van der Waals surface area (Å²) in [6.07, 6.45) is 1.79. The summed E-state index contributed by atoms with van der Waals surface area (Å²) >= 11 is 1.63. The van der Waals surface area contributed by atoms with Crippen molar-refractivity contribution in [1.82, 2.24) is 10.3 Å². The number of nitrogens with zero attached hydrogens (tertiary/aromatic N) is 1. The summed E-state index contributed by atoms with van der Waals surface area (Å²) in [5, 5.41) is 15.1. The number of hydrogen-bond acceptors (Lipinski definition) is 4. The van der Waals surface area contributed by atoms with Crippen molar-refractivity contribution in [2.24, 2.45) is 0 Å². The van der Waals surface area contributed by atoms with Crippen LogP contribution in [0.5, 0.6) is 0 Å². The molecule has 0 aliphatic heterocycles. The summed E-state index contributed by atoms with van der Waals surface area (Å²) in [5.41, 5.74) is 0. The quantitative estimate of drug-likeness (QED) is 0.742. The molecule has 0 aromatic carbocycles. The molecule has 12 heavy (non-hydrogen) atoms. The lowest BCUT2D eigenvalue weighted by atomic mass is 10.3. The topological polar surface area (TPSA) is 45.1 Å². The van der Waals surface area contributed by atoms with Gasteiger partial charge >= 0.3 is 0 Å². The molecule has 0 amide bonds. The van der Waals surface area contributed by atoms with Crippen molar-refractivity contribution in [3.63, 3.8) is 0 Å². The maximum atomic E-state index is 8.80. The van der Waals surface area contributed by atoms with Gasteiger partial charge in [0.15, 0.2) is 0 Å². The van der Waals surface area contributed by atoms with E-state index in [-0.39, 0.29) is 18.7 Å². The maximum absolute atomic E-state index is 8.80. The minimum atomic E-state index is 0.129. The highest BCUT2D eigenvalue weighted by molar-refractivity contribution is 7.09. The number of aliphatic hydroxyl groups is 1. The van der Waals surface area contributed by atoms with Gasteiger partial charge in [-0.2, -0.15) is 0 Å². The molecule has 0 aliphatic rings. The molecule has 68 valence electrons. The standard InChI is InChI=1S/C8H14N2OS/c1-6(5-11)10-7(2)8-9-3-4-12-8/h3-4,6-7,10-11H,5H2,1-2H3. The third kappa shape index (κ3) is 2.55. The Labute approximate surface area is 76.5 Å². The molecule has 1 heterocycles. The van der Waals surface area contributed by atoms with Gasteiger partial charge in [0.1, 0.15) is 5.01 Å². The number of aliphatic hydroxyl groups excluding tert-OH is 1. The number of hydrogen-bond donors (Lipinski definition) is 2. The second-order valence-corrected chi connectivity index (χ2v) is 3.77. The summed E-state index contributed by atoms with van der Waals surface area (Å²) < 4.78 is 0. The van der Waals surface area contributed by atoms with Crippen molar-refractivity contribution < 1.29 is 5.11 Å². The van der Waals surface area contributed by atoms with Crippen LogP contribution >= 0.6 is 11.3 Å². The zero-order chi connectivity index (χ0) is 8.97. The second kappa shape index (κ2) is 4.54. The van der Waals surface area contributed by atoms with Crippen molar-refractivity contribution in [2.75, 3.05) is 6.61 Å². The lowest BCUT2D eigenvalue weighted by molar-refractivity contribution is 0.243. The molecule has 1 aromatic rings. The van der Waals surface area contributed by atoms with Gasteiger partial charge in [-0.15, -0.1) is 11.3 Å². The van der Waals surface area contributed by atoms with E-state index >= 15 is 0 Å². The normalized spacial score (nSPS) is 15.9. The zero-order valence-corrected chi connectivity index (χ0v) is 8.14. The first-order valence-corrected chi connectivity index (χ1v) is 4.88. The summed E-state index contributed by atoms with van der Waals surface area (Å²) in [5.74, 6) is 0. The number of nitrogens with one attached hydrogen (secondary N) is 1. The van der Waals surface area contributed by atoms with Crippen LogP contribution in [0.1, 0.15) is 24.9 Å². The highest BCUT2D eigenvalue weighted by Crippen LogP contribution is 2.14. The van der Waals surface area contributed by atoms with E-state index in [4.69, 9.17) is 5.11 Å². The van der Waals surface area contributed by atoms with Crippen LogP contribution in [0.4, 0.5) is 0 Å². The van der Waals surface area contributed by atoms with E-state index in [1.54, 1.807) is 17.5 Å². The van der Waals surface area contributed by atoms with E-state index in [2.05, 4.69) is 10.3 Å². The average Bonchev–Trinajstić information content (AvgIpc) is 2.56. The summed E-state index contributed by atoms with van der Waals surface area (Å²) in [6.45, 7) is 4.16. The Morgan fingerprint density at radius 3 is 2.92 bits per heavy atom. The summed E-state index contributed by atoms with van der Waals surface area (Å²) in [7, 11) is 0. The molecule has 0 bridgehead atoms. The van der Waals surface area contributed by atoms with Crippen molar-refractivity contribution in [3.05, 3.63) is 16.6 Å². The maximum Gasteiger partial charge on any atom is 0.109 e. The smallest absolute Gasteiger partial charge is 0.109 e. The van der Waals surface area contributed by atoms with Crippen molar-refractivity contribution in [1.29, 1.82) is 0 Å². The van der Waals surface area contributed by atoms with Gasteiger partial charge in [-0.05, 0) is 13.8 Å². The van der Waals surface area contributed by atoms with Crippen LogP contribution in [-0.4, -0.2) is 22.7 Å². The molecule has 0 aliphatic carbocycles. The van der Waals surface area contributed by atoms with Crippen LogP contribution in [0.2, 0.25) is 0 Å². The minimum absolute atomic E-state index is 0.129. The molecular weight excluding hydrogens is 172 g/mol. The first kappa shape index (κ1) is 9.64. The molecule has 0 spiro atoms. The van der Waals surface area contributed by atoms with Gasteiger partial charge in [-0.1, -0.05) is 0 Å². The Morgan fingerprint density at radius 1 is 1.67 bits per heavy atom. The van der Waals surface area contributed by atoms with Gasteiger partial charge in [-0.3, -0.25) is 0 Å². The van der Waals surface area contributed by atoms with Crippen LogP contribution in [-0.2, 0) is 0 Å². The Hall–Kier alpha value is -0.450. The van der Waals surface area contributed by atoms with E-state index in [0.717, 1.165) is 5.01 Å². The molecule has 0 saturated heterocycles. The highest BCUT2D eigenvalue weighted by atomic mass is 32.1. The van der Waals surface area contributed by atoms with E-state index in [1.165, 1.54) is 0 Å². The van der Waals surface area contributed by atoms with Gasteiger partial charge in [-0.25, -0.2) is 4.98 Å². The van der Waals surface area contributed by atoms with Gasteiger partial charge in [0.05, 0.1) is 12.6 Å². The van der Waals surface area contributed by atoms with Gasteiger partial charge in [0, 0.05) is 17.6 Å². The van der Waals surface area contributed by atoms with E-state index in [1.807, 2.05) is 19.2 Å². The number of aromatic nitrogens is 1. The molecule has 0 fully saturated rings. The van der Waals surface area contributed by atoms with Crippen LogP contribution in [0.3, 0.4) is 0 Å². The largest absolute Gasteiger partial charge is 0.395 e. The van der Waals surface area contributed by atoms with Gasteiger partial charge in [0.2, 0.25) is 0 Å². The van der Waals surface area contributed by atoms with Crippen LogP contribution in [0.15, 0.2) is 11.6 Å². The fourth-order valence-corrected chi connectivity index (χ4v) is 1.65. The monoisotopic (exact) mass is 186 g/mol. The van der Waals surface area contributed by atoms with E-state index in [0.29, 0.717) is 0 Å². The average molecular weight is 186 g/mol. The Bertz CT molecular complexity index is 213. The molecule has 1 rings (SSSR count). The van der Waals surface area contributed by atoms with Gasteiger partial charge in [0.25, 0.3) is 0 Å². The molecule has 2 atom stereocenters. The molecule has 3 nitrogen and oxygen atoms in total. The fraction of sp³-hybridized carbons (Fsp3) is 0.625. The first-order chi connectivity index (χ1) is 5.74. The van der Waals surface area contributed by atoms with Gasteiger partial charge < -0.3 is 10.4 Å². The SMILES string of the molecule is CC(CO)NC(C)c1nccs1. The summed E-state index contributed by atoms with van der Waals surface area (Å²) in [6, 6.07) is 0.357. The Kier molecular flexibility index (Phi) is 3.65. The molecule has 4 heteroatoms. The zero-order valence-electron chi connectivity index (χ0n) is 7.32. The number of thiazole rings is 1. The Morgan fingerprint density at radius 2 is 2.42 bits per heavy atom. The van der Waals surface area contributed by atoms with Crippen molar-refractivity contribution in [2.45, 2.75) is 25.9 Å². The molecule has 0 radical (unpaired) electrons. The Balaban J connectivity index is 2.44. The second-order valence-electron chi connectivity index (χ2n) is 2.84. The minimum Gasteiger partial charge on any atom is -0.395 e. The van der Waals surface area contributed by atoms with Crippen LogP contribution in [0, 0.1) is 0 Å². The highest BCUT2D eigenvalue weighted by Gasteiger charge is 2.09. The first-order valence-electron chi connectivity index (χ1n) is 4.00. The number of rotatable bonds is 4. The predicted molar refractivity (Wildman–Crippen MR) is 50.2 cm³/mol. The molecule has 2 N–H and O–H groups in total. The lowest BCUT2D eigenvalue weighted by Gasteiger charge is -2.15. The molecule has 2 unspecified atom stereocenters. The van der Waals surface area contributed by atoms with Crippen LogP contribution in [0.25, 0.3) is 0 Å². The molecule has 0 saturated carbocycles. The third-order valence-electron chi connectivity index (χ3n) is 1.63. The third-order valence-corrected chi connectivity index (χ3v) is 2.59. The lowest BCUT2D eigenvalue weighted by Crippen LogP contribution is -2.31.